The third-order valence-corrected chi connectivity index (χ3v) is 3.36. The van der Waals surface area contributed by atoms with Crippen LogP contribution >= 0.6 is 15.9 Å². The molecule has 0 atom stereocenters. The number of nitrogens with zero attached hydrogens (tertiary/aromatic N) is 1. The molecule has 0 radical (unpaired) electrons. The molecule has 0 spiro atoms. The van der Waals surface area contributed by atoms with E-state index in [1.807, 2.05) is 12.3 Å². The van der Waals surface area contributed by atoms with E-state index in [1.54, 1.807) is 0 Å². The second kappa shape index (κ2) is 6.10. The van der Waals surface area contributed by atoms with E-state index in [9.17, 15) is 0 Å². The highest BCUT2D eigenvalue weighted by Crippen LogP contribution is 2.24. The number of nitrogens with one attached hydrogen (secondary N) is 1. The highest BCUT2D eigenvalue weighted by atomic mass is 79.9. The van der Waals surface area contributed by atoms with Crippen LogP contribution in [0.15, 0.2) is 34.9 Å². The molecular formula is C13H16BrN3. The Kier molecular flexibility index (Phi) is 4.48. The van der Waals surface area contributed by atoms with Gasteiger partial charge in [-0.15, -0.1) is 0 Å². The maximum Gasteiger partial charge on any atom is 0.0758 e. The first-order chi connectivity index (χ1) is 8.33. The van der Waals surface area contributed by atoms with Crippen molar-refractivity contribution in [2.45, 2.75) is 13.0 Å². The van der Waals surface area contributed by atoms with Gasteiger partial charge in [0, 0.05) is 22.6 Å². The summed E-state index contributed by atoms with van der Waals surface area (Å²) in [6.45, 7) is 2.51. The van der Waals surface area contributed by atoms with Gasteiger partial charge in [-0.05, 0) is 37.2 Å². The highest BCUT2D eigenvalue weighted by Gasteiger charge is 2.04. The second-order valence-corrected chi connectivity index (χ2v) is 4.78. The van der Waals surface area contributed by atoms with E-state index in [1.165, 1.54) is 5.56 Å². The van der Waals surface area contributed by atoms with E-state index >= 15 is 0 Å². The fourth-order valence-electron chi connectivity index (χ4n) is 1.79. The number of benzene rings is 1. The first-order valence-corrected chi connectivity index (χ1v) is 6.55. The SMILES string of the molecule is NCCCNCc1ccc(Br)c2cccnc12. The lowest BCUT2D eigenvalue weighted by Crippen LogP contribution is -2.18. The Labute approximate surface area is 110 Å². The summed E-state index contributed by atoms with van der Waals surface area (Å²) in [5.41, 5.74) is 7.74. The third-order valence-electron chi connectivity index (χ3n) is 2.67. The average Bonchev–Trinajstić information content (AvgIpc) is 2.37. The minimum Gasteiger partial charge on any atom is -0.330 e. The van der Waals surface area contributed by atoms with E-state index in [-0.39, 0.29) is 0 Å². The van der Waals surface area contributed by atoms with Crippen LogP contribution in [-0.2, 0) is 6.54 Å². The third kappa shape index (κ3) is 3.03. The summed E-state index contributed by atoms with van der Waals surface area (Å²) in [7, 11) is 0. The van der Waals surface area contributed by atoms with Gasteiger partial charge >= 0.3 is 0 Å². The Morgan fingerprint density at radius 2 is 2.18 bits per heavy atom. The number of halogens is 1. The van der Waals surface area contributed by atoms with Crippen LogP contribution < -0.4 is 11.1 Å². The smallest absolute Gasteiger partial charge is 0.0758 e. The first kappa shape index (κ1) is 12.5. The summed E-state index contributed by atoms with van der Waals surface area (Å²) in [4.78, 5) is 4.45. The topological polar surface area (TPSA) is 50.9 Å². The molecule has 0 saturated carbocycles. The molecule has 4 heteroatoms. The molecule has 1 aromatic heterocycles. The van der Waals surface area contributed by atoms with Crippen molar-refractivity contribution in [3.8, 4) is 0 Å². The second-order valence-electron chi connectivity index (χ2n) is 3.93. The molecule has 1 heterocycles. The summed E-state index contributed by atoms with van der Waals surface area (Å²) < 4.78 is 1.09. The lowest BCUT2D eigenvalue weighted by Gasteiger charge is -2.08. The van der Waals surface area contributed by atoms with E-state index in [0.29, 0.717) is 0 Å². The van der Waals surface area contributed by atoms with E-state index < -0.39 is 0 Å². The first-order valence-electron chi connectivity index (χ1n) is 5.76. The van der Waals surface area contributed by atoms with Gasteiger partial charge < -0.3 is 11.1 Å². The molecule has 0 aliphatic rings. The monoisotopic (exact) mass is 293 g/mol. The van der Waals surface area contributed by atoms with Gasteiger partial charge in [0.15, 0.2) is 0 Å². The molecule has 0 fully saturated rings. The number of pyridine rings is 1. The molecule has 3 nitrogen and oxygen atoms in total. The van der Waals surface area contributed by atoms with Crippen LogP contribution in [-0.4, -0.2) is 18.1 Å². The van der Waals surface area contributed by atoms with Gasteiger partial charge in [0.25, 0.3) is 0 Å². The van der Waals surface area contributed by atoms with Crippen molar-refractivity contribution >= 4 is 26.8 Å². The van der Waals surface area contributed by atoms with Gasteiger partial charge in [-0.25, -0.2) is 0 Å². The maximum atomic E-state index is 5.46. The van der Waals surface area contributed by atoms with Crippen LogP contribution in [0.2, 0.25) is 0 Å². The minimum atomic E-state index is 0.729. The largest absolute Gasteiger partial charge is 0.330 e. The predicted molar refractivity (Wildman–Crippen MR) is 74.8 cm³/mol. The normalized spacial score (nSPS) is 10.9. The van der Waals surface area contributed by atoms with Gasteiger partial charge in [-0.3, -0.25) is 4.98 Å². The average molecular weight is 294 g/mol. The fraction of sp³-hybridized carbons (Fsp3) is 0.308. The Morgan fingerprint density at radius 3 is 3.00 bits per heavy atom. The maximum absolute atomic E-state index is 5.46. The number of rotatable bonds is 5. The van der Waals surface area contributed by atoms with Crippen molar-refractivity contribution in [3.05, 3.63) is 40.5 Å². The molecule has 90 valence electrons. The number of nitrogens with two attached hydrogens (primary N) is 1. The standard InChI is InChI=1S/C13H16BrN3/c14-12-5-4-10(9-16-7-2-6-15)13-11(12)3-1-8-17-13/h1,3-5,8,16H,2,6-7,9,15H2. The zero-order valence-electron chi connectivity index (χ0n) is 9.62. The van der Waals surface area contributed by atoms with Gasteiger partial charge in [-0.2, -0.15) is 0 Å². The molecule has 0 saturated heterocycles. The molecular weight excluding hydrogens is 278 g/mol. The molecule has 0 amide bonds. The minimum absolute atomic E-state index is 0.729. The predicted octanol–water partition coefficient (Wildman–Crippen LogP) is 2.44. The fourth-order valence-corrected chi connectivity index (χ4v) is 2.24. The van der Waals surface area contributed by atoms with E-state index in [2.05, 4.69) is 44.4 Å². The highest BCUT2D eigenvalue weighted by molar-refractivity contribution is 9.10. The number of hydrogen-bond donors (Lipinski definition) is 2. The number of hydrogen-bond acceptors (Lipinski definition) is 3. The van der Waals surface area contributed by atoms with Gasteiger partial charge in [0.2, 0.25) is 0 Å². The van der Waals surface area contributed by atoms with Gasteiger partial charge in [0.1, 0.15) is 0 Å². The quantitative estimate of drug-likeness (QED) is 0.833. The van der Waals surface area contributed by atoms with Crippen molar-refractivity contribution in [1.82, 2.24) is 10.3 Å². The van der Waals surface area contributed by atoms with Crippen LogP contribution in [0.4, 0.5) is 0 Å². The Bertz CT molecular complexity index is 499. The Morgan fingerprint density at radius 1 is 1.29 bits per heavy atom. The molecule has 2 aromatic rings. The van der Waals surface area contributed by atoms with Gasteiger partial charge in [-0.1, -0.05) is 28.1 Å². The Hall–Kier alpha value is -0.970. The van der Waals surface area contributed by atoms with Crippen LogP contribution in [0, 0.1) is 0 Å². The molecule has 0 aliphatic heterocycles. The van der Waals surface area contributed by atoms with Crippen LogP contribution in [0.25, 0.3) is 10.9 Å². The number of fused-ring (bicyclic) bond motifs is 1. The van der Waals surface area contributed by atoms with Crippen molar-refractivity contribution in [2.75, 3.05) is 13.1 Å². The van der Waals surface area contributed by atoms with E-state index in [4.69, 9.17) is 5.73 Å². The summed E-state index contributed by atoms with van der Waals surface area (Å²) >= 11 is 3.55. The van der Waals surface area contributed by atoms with Crippen molar-refractivity contribution in [1.29, 1.82) is 0 Å². The number of aromatic nitrogens is 1. The zero-order valence-corrected chi connectivity index (χ0v) is 11.2. The van der Waals surface area contributed by atoms with Crippen molar-refractivity contribution in [3.63, 3.8) is 0 Å². The molecule has 1 aromatic carbocycles. The summed E-state index contributed by atoms with van der Waals surface area (Å²) in [6, 6.07) is 8.22. The van der Waals surface area contributed by atoms with Crippen molar-refractivity contribution in [2.24, 2.45) is 5.73 Å². The Balaban J connectivity index is 2.20. The zero-order chi connectivity index (χ0) is 12.1. The van der Waals surface area contributed by atoms with Gasteiger partial charge in [0.05, 0.1) is 5.52 Å². The van der Waals surface area contributed by atoms with Crippen LogP contribution in [0.5, 0.6) is 0 Å². The summed E-state index contributed by atoms with van der Waals surface area (Å²) in [5.74, 6) is 0. The molecule has 17 heavy (non-hydrogen) atoms. The van der Waals surface area contributed by atoms with Crippen LogP contribution in [0.3, 0.4) is 0 Å². The van der Waals surface area contributed by atoms with Crippen LogP contribution in [0.1, 0.15) is 12.0 Å². The molecule has 3 N–H and O–H groups in total. The lowest BCUT2D eigenvalue weighted by atomic mass is 10.1. The molecule has 0 unspecified atom stereocenters. The van der Waals surface area contributed by atoms with E-state index in [0.717, 1.165) is 41.4 Å². The van der Waals surface area contributed by atoms with Crippen molar-refractivity contribution < 1.29 is 0 Å². The summed E-state index contributed by atoms with van der Waals surface area (Å²) in [6.07, 6.45) is 2.83. The molecule has 0 bridgehead atoms. The summed E-state index contributed by atoms with van der Waals surface area (Å²) in [5, 5.41) is 4.54. The molecule has 2 rings (SSSR count). The molecule has 0 aliphatic carbocycles. The lowest BCUT2D eigenvalue weighted by molar-refractivity contribution is 0.657.